The first-order valence-electron chi connectivity index (χ1n) is 29.6. The minimum Gasteiger partial charge on any atom is -0.396 e. The molecule has 12 nitrogen and oxygen atoms in total. The Kier molecular flexibility index (Phi) is 18.6. The highest BCUT2D eigenvalue weighted by Gasteiger charge is 2.73. The molecular formula is C62H109N5O7. The van der Waals surface area contributed by atoms with Gasteiger partial charge in [-0.05, 0) is 172 Å². The van der Waals surface area contributed by atoms with Crippen LogP contribution in [0.2, 0.25) is 0 Å². The van der Waals surface area contributed by atoms with Crippen LogP contribution in [0.1, 0.15) is 187 Å². The average Bonchev–Trinajstić information content (AvgIpc) is 3.99. The second-order valence-electron chi connectivity index (χ2n) is 28.2. The van der Waals surface area contributed by atoms with Crippen LogP contribution >= 0.6 is 0 Å². The number of ether oxygens (including phenoxy) is 2. The number of carbonyl (C=O) groups is 4. The van der Waals surface area contributed by atoms with Crippen LogP contribution in [0.25, 0.3) is 0 Å². The highest BCUT2D eigenvalue weighted by molar-refractivity contribution is 5.90. The van der Waals surface area contributed by atoms with Gasteiger partial charge in [0.25, 0.3) is 0 Å². The fraction of sp³-hybridized carbons (Fsp3) is 0.903. The van der Waals surface area contributed by atoms with Gasteiger partial charge in [-0.25, -0.2) is 0 Å². The largest absolute Gasteiger partial charge is 0.396 e. The molecule has 3 unspecified atom stereocenters. The summed E-state index contributed by atoms with van der Waals surface area (Å²) in [5.74, 6) is 1.10. The average molecular weight is 1040 g/mol. The summed E-state index contributed by atoms with van der Waals surface area (Å²) in [7, 11) is 8.83. The van der Waals surface area contributed by atoms with Gasteiger partial charge in [-0.15, -0.1) is 0 Å². The van der Waals surface area contributed by atoms with E-state index in [4.69, 9.17) is 9.47 Å². The Bertz CT molecular complexity index is 2020. The molecule has 74 heavy (non-hydrogen) atoms. The summed E-state index contributed by atoms with van der Waals surface area (Å²) in [6.07, 6.45) is 12.6. The molecule has 5 aliphatic carbocycles. The van der Waals surface area contributed by atoms with E-state index in [0.29, 0.717) is 36.8 Å². The summed E-state index contributed by atoms with van der Waals surface area (Å²) >= 11 is 0. The van der Waals surface area contributed by atoms with Crippen LogP contribution in [0.4, 0.5) is 0 Å². The predicted octanol–water partition coefficient (Wildman–Crippen LogP) is 10.2. The first kappa shape index (κ1) is 60.7. The lowest BCUT2D eigenvalue weighted by Crippen LogP contribution is -2.71. The van der Waals surface area contributed by atoms with Gasteiger partial charge in [0, 0.05) is 40.5 Å². The first-order chi connectivity index (χ1) is 34.4. The molecule has 4 amide bonds. The van der Waals surface area contributed by atoms with E-state index >= 15 is 0 Å². The third kappa shape index (κ3) is 10.00. The number of nitrogens with zero attached hydrogens (tertiary/aromatic N) is 3. The molecule has 0 aromatic carbocycles. The number of fused-ring (bicyclic) bond motifs is 7. The topological polar surface area (TPSA) is 141 Å². The lowest BCUT2D eigenvalue weighted by Gasteiger charge is -2.76. The maximum Gasteiger partial charge on any atom is 0.245 e. The van der Waals surface area contributed by atoms with Crippen molar-refractivity contribution in [3.63, 3.8) is 0 Å². The van der Waals surface area contributed by atoms with Crippen molar-refractivity contribution in [1.29, 1.82) is 0 Å². The minimum atomic E-state index is -0.751. The molecule has 0 aromatic rings. The van der Waals surface area contributed by atoms with Crippen LogP contribution in [0.15, 0.2) is 12.2 Å². The maximum absolute atomic E-state index is 14.8. The zero-order valence-electron chi connectivity index (χ0n) is 50.4. The molecule has 424 valence electrons. The van der Waals surface area contributed by atoms with Crippen LogP contribution in [0.5, 0.6) is 0 Å². The van der Waals surface area contributed by atoms with Crippen molar-refractivity contribution in [3.05, 3.63) is 12.2 Å². The van der Waals surface area contributed by atoms with Crippen LogP contribution in [-0.4, -0.2) is 134 Å². The second kappa shape index (κ2) is 22.7. The smallest absolute Gasteiger partial charge is 0.245 e. The van der Waals surface area contributed by atoms with Crippen molar-refractivity contribution in [3.8, 4) is 0 Å². The summed E-state index contributed by atoms with van der Waals surface area (Å²) in [4.78, 5) is 63.1. The van der Waals surface area contributed by atoms with Crippen LogP contribution in [-0.2, 0) is 28.7 Å². The van der Waals surface area contributed by atoms with E-state index < -0.39 is 30.2 Å². The van der Waals surface area contributed by atoms with E-state index in [1.807, 2.05) is 58.5 Å². The number of amides is 4. The van der Waals surface area contributed by atoms with Gasteiger partial charge in [-0.1, -0.05) is 109 Å². The van der Waals surface area contributed by atoms with Crippen molar-refractivity contribution in [2.45, 2.75) is 229 Å². The third-order valence-corrected chi connectivity index (χ3v) is 24.0. The number of rotatable bonds is 20. The van der Waals surface area contributed by atoms with Gasteiger partial charge in [0.15, 0.2) is 0 Å². The molecule has 5 saturated carbocycles. The number of aliphatic hydroxyl groups excluding tert-OH is 1. The Morgan fingerprint density at radius 3 is 1.99 bits per heavy atom. The zero-order valence-corrected chi connectivity index (χ0v) is 50.4. The van der Waals surface area contributed by atoms with E-state index in [0.717, 1.165) is 51.4 Å². The Balaban J connectivity index is 1.15. The van der Waals surface area contributed by atoms with Gasteiger partial charge in [-0.2, -0.15) is 0 Å². The second-order valence-corrected chi connectivity index (χ2v) is 28.2. The van der Waals surface area contributed by atoms with Gasteiger partial charge in [0.05, 0.1) is 42.7 Å². The molecule has 0 aromatic heterocycles. The number of aliphatic hydroxyl groups is 1. The van der Waals surface area contributed by atoms with Crippen molar-refractivity contribution >= 4 is 23.6 Å². The molecular weight excluding hydrogens is 927 g/mol. The van der Waals surface area contributed by atoms with Crippen LogP contribution in [0.3, 0.4) is 0 Å². The normalized spacial score (nSPS) is 37.4. The molecule has 1 heterocycles. The summed E-state index contributed by atoms with van der Waals surface area (Å²) < 4.78 is 12.5. The molecule has 3 N–H and O–H groups in total. The SMILES string of the molecule is C=C(C)[C@@H]1CC[C@]2(CO)CC[C@]3(C)C(CCC4[C@@]5(C)CC[C@H](NC(=O)[C@H](C)[C@@H](OC)C6CCCN6C(=O)C[C@@H](OC)[C@H]([C@@H](C)CC)N(C)C(=O)[C@@H](NC(=O)[C@H](C(C)C)N(C)C)C(C)C)C(C)(C)[C@]5(C)CC[C@]43C)[C@@H]12. The summed E-state index contributed by atoms with van der Waals surface area (Å²) in [5.41, 5.74) is 1.67. The Morgan fingerprint density at radius 2 is 1.43 bits per heavy atom. The predicted molar refractivity (Wildman–Crippen MR) is 298 cm³/mol. The standard InChI is InChI=1S/C62H109N5O7/c1-21-40(8)52(66(18)56(72)50(38(4)5)64-55(71)51(39(6)7)65(16)17)45(73-19)35-48(69)67-34-22-23-44(67)53(74-20)41(9)54(70)63-47-27-28-60(14)46-25-24-43-49-42(37(2)3)26-29-62(49,36-68)33-31-58(43,12)59(46,13)30-32-61(60,15)57(47,10)11/h38-47,49-53,68H,2,21-36H2,1,3-20H3,(H,63,70)(H,64,71)/t40-,41+,42-,43?,44?,45+,46?,47-,49+,50-,51-,52-,53+,58+,59+,60+,61-,62+/m0/s1. The number of methoxy groups -OCH3 is 2. The molecule has 0 spiro atoms. The Morgan fingerprint density at radius 1 is 0.784 bits per heavy atom. The molecule has 1 aliphatic heterocycles. The van der Waals surface area contributed by atoms with Gasteiger partial charge in [0.1, 0.15) is 6.04 Å². The Hall–Kier alpha value is -2.54. The number of hydrogen-bond acceptors (Lipinski definition) is 8. The van der Waals surface area contributed by atoms with Crippen molar-refractivity contribution in [2.75, 3.05) is 48.5 Å². The lowest BCUT2D eigenvalue weighted by atomic mass is 9.29. The number of carbonyl (C=O) groups excluding carboxylic acids is 4. The molecule has 6 fully saturated rings. The van der Waals surface area contributed by atoms with Crippen LogP contribution in [0, 0.1) is 79.8 Å². The minimum absolute atomic E-state index is 0.00446. The van der Waals surface area contributed by atoms with E-state index in [-0.39, 0.29) is 98.4 Å². The van der Waals surface area contributed by atoms with E-state index in [9.17, 15) is 24.3 Å². The summed E-state index contributed by atoms with van der Waals surface area (Å²) in [5, 5.41) is 17.8. The molecule has 6 aliphatic rings. The van der Waals surface area contributed by atoms with Gasteiger partial charge in [0.2, 0.25) is 23.6 Å². The molecule has 0 radical (unpaired) electrons. The monoisotopic (exact) mass is 1040 g/mol. The van der Waals surface area contributed by atoms with Gasteiger partial charge < -0.3 is 35.0 Å². The molecule has 6 rings (SSSR count). The van der Waals surface area contributed by atoms with E-state index in [1.165, 1.54) is 37.7 Å². The molecule has 1 saturated heterocycles. The highest BCUT2D eigenvalue weighted by Crippen LogP contribution is 2.80. The molecule has 0 bridgehead atoms. The summed E-state index contributed by atoms with van der Waals surface area (Å²) in [6.45, 7) is 37.1. The fourth-order valence-corrected chi connectivity index (χ4v) is 18.7. The molecule has 12 heteroatoms. The highest BCUT2D eigenvalue weighted by atomic mass is 16.5. The van der Waals surface area contributed by atoms with Gasteiger partial charge in [-0.3, -0.25) is 24.1 Å². The Labute approximate surface area is 450 Å². The van der Waals surface area contributed by atoms with Crippen molar-refractivity contribution in [1.82, 2.24) is 25.3 Å². The maximum atomic E-state index is 14.8. The lowest BCUT2D eigenvalue weighted by molar-refractivity contribution is -0.270. The summed E-state index contributed by atoms with van der Waals surface area (Å²) in [6, 6.07) is -1.87. The van der Waals surface area contributed by atoms with E-state index in [1.54, 1.807) is 26.2 Å². The van der Waals surface area contributed by atoms with Crippen molar-refractivity contribution < 1.29 is 33.8 Å². The number of nitrogens with one attached hydrogen (secondary N) is 2. The number of hydrogen-bond donors (Lipinski definition) is 3. The quantitative estimate of drug-likeness (QED) is 0.102. The van der Waals surface area contributed by atoms with Crippen molar-refractivity contribution in [2.24, 2.45) is 79.8 Å². The van der Waals surface area contributed by atoms with E-state index in [2.05, 4.69) is 79.5 Å². The number of allylic oxidation sites excluding steroid dienone is 1. The number of likely N-dealkylation sites (N-methyl/N-ethyl adjacent to an activating group) is 2. The zero-order chi connectivity index (χ0) is 55.4. The first-order valence-corrected chi connectivity index (χ1v) is 29.6. The van der Waals surface area contributed by atoms with Gasteiger partial charge >= 0.3 is 0 Å². The molecule has 18 atom stereocenters. The number of likely N-dealkylation sites (tertiary alicyclic amines) is 1. The third-order valence-electron chi connectivity index (χ3n) is 24.0. The fourth-order valence-electron chi connectivity index (χ4n) is 18.7. The van der Waals surface area contributed by atoms with Crippen LogP contribution < -0.4 is 10.6 Å².